The lowest BCUT2D eigenvalue weighted by atomic mass is 9.85. The van der Waals surface area contributed by atoms with Crippen molar-refractivity contribution in [3.05, 3.63) is 47.4 Å². The van der Waals surface area contributed by atoms with Crippen LogP contribution in [0.4, 0.5) is 0 Å². The molecule has 8 nitrogen and oxygen atoms in total. The van der Waals surface area contributed by atoms with Crippen LogP contribution in [0.2, 0.25) is 0 Å². The first-order valence-electron chi connectivity index (χ1n) is 9.01. The van der Waals surface area contributed by atoms with Crippen LogP contribution in [0.1, 0.15) is 23.5 Å². The highest BCUT2D eigenvalue weighted by molar-refractivity contribution is 7.13. The van der Waals surface area contributed by atoms with E-state index in [0.29, 0.717) is 6.54 Å². The number of nitrogens with one attached hydrogen (secondary N) is 2. The van der Waals surface area contributed by atoms with Crippen molar-refractivity contribution in [2.45, 2.75) is 24.8 Å². The zero-order chi connectivity index (χ0) is 18.3. The van der Waals surface area contributed by atoms with Gasteiger partial charge in [-0.1, -0.05) is 0 Å². The lowest BCUT2D eigenvalue weighted by Crippen LogP contribution is -2.55. The van der Waals surface area contributed by atoms with Crippen molar-refractivity contribution in [1.82, 2.24) is 35.1 Å². The van der Waals surface area contributed by atoms with Crippen LogP contribution in [0.25, 0.3) is 10.7 Å². The average Bonchev–Trinajstić information content (AvgIpc) is 3.44. The predicted molar refractivity (Wildman–Crippen MR) is 100 cm³/mol. The number of carbonyl (C=O) groups excluding carboxylic acids is 1. The fourth-order valence-electron chi connectivity index (χ4n) is 4.12. The van der Waals surface area contributed by atoms with Crippen molar-refractivity contribution in [2.24, 2.45) is 0 Å². The van der Waals surface area contributed by atoms with Gasteiger partial charge < -0.3 is 15.2 Å². The Balaban J connectivity index is 1.39. The molecule has 3 aromatic rings. The summed E-state index contributed by atoms with van der Waals surface area (Å²) in [6.07, 6.45) is 8.70. The molecule has 1 amide bonds. The van der Waals surface area contributed by atoms with E-state index in [4.69, 9.17) is 0 Å². The van der Waals surface area contributed by atoms with E-state index in [0.717, 1.165) is 53.7 Å². The maximum Gasteiger partial charge on any atom is 0.229 e. The van der Waals surface area contributed by atoms with Crippen LogP contribution in [0.3, 0.4) is 0 Å². The molecule has 0 aromatic carbocycles. The maximum atomic E-state index is 13.2. The summed E-state index contributed by atoms with van der Waals surface area (Å²) < 4.78 is 0. The van der Waals surface area contributed by atoms with Gasteiger partial charge in [0.25, 0.3) is 0 Å². The topological polar surface area (TPSA) is 99.7 Å². The van der Waals surface area contributed by atoms with E-state index in [2.05, 4.69) is 30.2 Å². The fraction of sp³-hybridized carbons (Fsp3) is 0.389. The van der Waals surface area contributed by atoms with Gasteiger partial charge in [0.2, 0.25) is 5.91 Å². The Labute approximate surface area is 160 Å². The number of hydrogen-bond donors (Lipinski definition) is 2. The van der Waals surface area contributed by atoms with Gasteiger partial charge in [-0.05, 0) is 13.0 Å². The third-order valence-electron chi connectivity index (χ3n) is 5.36. The SMILES string of the molecule is O=C(Cc1csc(-c2cnccn2)n1)N1CCc2[nH]cnc2C12CCNC2. The standard InChI is InChI=1S/C18H19N7OS/c26-15(7-12-9-27-17(24-12)14-8-19-4-5-21-14)25-6-1-13-16(23-11-22-13)18(25)2-3-20-10-18/h4-5,8-9,11,20H,1-3,6-7,10H2,(H,22,23). The molecule has 0 saturated carbocycles. The number of rotatable bonds is 3. The monoisotopic (exact) mass is 381 g/mol. The highest BCUT2D eigenvalue weighted by atomic mass is 32.1. The number of carbonyl (C=O) groups is 1. The van der Waals surface area contributed by atoms with Crippen LogP contribution in [-0.4, -0.2) is 55.4 Å². The first kappa shape index (κ1) is 16.5. The maximum absolute atomic E-state index is 13.2. The lowest BCUT2D eigenvalue weighted by molar-refractivity contribution is -0.137. The minimum Gasteiger partial charge on any atom is -0.348 e. The highest BCUT2D eigenvalue weighted by Gasteiger charge is 2.48. The number of aromatic nitrogens is 5. The van der Waals surface area contributed by atoms with Crippen molar-refractivity contribution in [1.29, 1.82) is 0 Å². The summed E-state index contributed by atoms with van der Waals surface area (Å²) >= 11 is 1.49. The van der Waals surface area contributed by atoms with E-state index >= 15 is 0 Å². The number of hydrogen-bond acceptors (Lipinski definition) is 7. The molecule has 5 heterocycles. The normalized spacial score (nSPS) is 21.6. The molecule has 138 valence electrons. The van der Waals surface area contributed by atoms with Crippen LogP contribution < -0.4 is 5.32 Å². The molecule has 5 rings (SSSR count). The summed E-state index contributed by atoms with van der Waals surface area (Å²) in [5.74, 6) is 0.100. The molecular formula is C18H19N7OS. The number of imidazole rings is 1. The third-order valence-corrected chi connectivity index (χ3v) is 6.28. The van der Waals surface area contributed by atoms with E-state index < -0.39 is 0 Å². The van der Waals surface area contributed by atoms with Gasteiger partial charge in [0.05, 0.1) is 30.3 Å². The number of fused-ring (bicyclic) bond motifs is 2. The van der Waals surface area contributed by atoms with Gasteiger partial charge in [-0.3, -0.25) is 14.8 Å². The number of aromatic amines is 1. The van der Waals surface area contributed by atoms with Gasteiger partial charge >= 0.3 is 0 Å². The smallest absolute Gasteiger partial charge is 0.229 e. The van der Waals surface area contributed by atoms with Crippen molar-refractivity contribution in [3.63, 3.8) is 0 Å². The van der Waals surface area contributed by atoms with Gasteiger partial charge in [0, 0.05) is 43.0 Å². The first-order chi connectivity index (χ1) is 13.3. The Hall–Kier alpha value is -2.65. The second-order valence-corrected chi connectivity index (χ2v) is 7.75. The number of thiazole rings is 1. The molecule has 1 atom stereocenters. The quantitative estimate of drug-likeness (QED) is 0.706. The molecular weight excluding hydrogens is 362 g/mol. The molecule has 27 heavy (non-hydrogen) atoms. The van der Waals surface area contributed by atoms with Gasteiger partial charge in [0.1, 0.15) is 16.2 Å². The van der Waals surface area contributed by atoms with Gasteiger partial charge in [-0.25, -0.2) is 9.97 Å². The summed E-state index contributed by atoms with van der Waals surface area (Å²) in [6, 6.07) is 0. The van der Waals surface area contributed by atoms with E-state index in [1.54, 1.807) is 24.9 Å². The summed E-state index contributed by atoms with van der Waals surface area (Å²) in [7, 11) is 0. The number of amides is 1. The van der Waals surface area contributed by atoms with Crippen LogP contribution >= 0.6 is 11.3 Å². The van der Waals surface area contributed by atoms with Crippen molar-refractivity contribution < 1.29 is 4.79 Å². The predicted octanol–water partition coefficient (Wildman–Crippen LogP) is 1.14. The van der Waals surface area contributed by atoms with Crippen LogP contribution in [-0.2, 0) is 23.2 Å². The zero-order valence-corrected chi connectivity index (χ0v) is 15.5. The Morgan fingerprint density at radius 3 is 3.11 bits per heavy atom. The molecule has 0 bridgehead atoms. The second-order valence-electron chi connectivity index (χ2n) is 6.89. The minimum absolute atomic E-state index is 0.100. The van der Waals surface area contributed by atoms with E-state index in [1.807, 2.05) is 10.3 Å². The molecule has 9 heteroatoms. The Bertz CT molecular complexity index is 961. The Kier molecular flexibility index (Phi) is 3.98. The lowest BCUT2D eigenvalue weighted by Gasteiger charge is -2.43. The molecule has 1 spiro atoms. The number of H-pyrrole nitrogens is 1. The Morgan fingerprint density at radius 1 is 1.33 bits per heavy atom. The molecule has 2 N–H and O–H groups in total. The summed E-state index contributed by atoms with van der Waals surface area (Å²) in [4.78, 5) is 36.0. The molecule has 2 aliphatic heterocycles. The fourth-order valence-corrected chi connectivity index (χ4v) is 4.90. The summed E-state index contributed by atoms with van der Waals surface area (Å²) in [5.41, 5.74) is 3.34. The van der Waals surface area contributed by atoms with Crippen molar-refractivity contribution >= 4 is 17.2 Å². The third kappa shape index (κ3) is 2.74. The van der Waals surface area contributed by atoms with Gasteiger partial charge in [-0.15, -0.1) is 11.3 Å². The van der Waals surface area contributed by atoms with E-state index in [1.165, 1.54) is 11.3 Å². The summed E-state index contributed by atoms with van der Waals surface area (Å²) in [5, 5.41) is 6.14. The Morgan fingerprint density at radius 2 is 2.30 bits per heavy atom. The molecule has 0 radical (unpaired) electrons. The van der Waals surface area contributed by atoms with E-state index in [9.17, 15) is 4.79 Å². The van der Waals surface area contributed by atoms with Gasteiger partial charge in [-0.2, -0.15) is 0 Å². The largest absolute Gasteiger partial charge is 0.348 e. The van der Waals surface area contributed by atoms with Gasteiger partial charge in [0.15, 0.2) is 0 Å². The number of nitrogens with zero attached hydrogens (tertiary/aromatic N) is 5. The summed E-state index contributed by atoms with van der Waals surface area (Å²) in [6.45, 7) is 2.35. The van der Waals surface area contributed by atoms with Crippen LogP contribution in [0.5, 0.6) is 0 Å². The average molecular weight is 381 g/mol. The molecule has 1 unspecified atom stereocenters. The zero-order valence-electron chi connectivity index (χ0n) is 14.7. The van der Waals surface area contributed by atoms with Crippen LogP contribution in [0.15, 0.2) is 30.3 Å². The second kappa shape index (κ2) is 6.50. The van der Waals surface area contributed by atoms with Crippen LogP contribution in [0, 0.1) is 0 Å². The van der Waals surface area contributed by atoms with Crippen molar-refractivity contribution in [3.8, 4) is 10.7 Å². The molecule has 2 aliphatic rings. The molecule has 0 aliphatic carbocycles. The van der Waals surface area contributed by atoms with Crippen molar-refractivity contribution in [2.75, 3.05) is 19.6 Å². The molecule has 3 aromatic heterocycles. The molecule has 1 saturated heterocycles. The first-order valence-corrected chi connectivity index (χ1v) is 9.89. The minimum atomic E-state index is -0.339. The molecule has 1 fully saturated rings. The highest BCUT2D eigenvalue weighted by Crippen LogP contribution is 2.39. The van der Waals surface area contributed by atoms with E-state index in [-0.39, 0.29) is 17.9 Å².